The highest BCUT2D eigenvalue weighted by atomic mass is 19.3. The molecule has 40 heavy (non-hydrogen) atoms. The molecule has 2 aromatic carbocycles. The number of fused-ring (bicyclic) bond motifs is 2. The molecule has 0 saturated heterocycles. The van der Waals surface area contributed by atoms with Crippen LogP contribution < -0.4 is 4.74 Å². The number of nitrogens with zero attached hydrogens (tertiary/aromatic N) is 2. The molecule has 0 aromatic heterocycles. The van der Waals surface area contributed by atoms with Crippen LogP contribution in [0.2, 0.25) is 0 Å². The van der Waals surface area contributed by atoms with Crippen LogP contribution >= 0.6 is 0 Å². The molecule has 0 saturated carbocycles. The first-order chi connectivity index (χ1) is 19.0. The Hall–Kier alpha value is -3.07. The zero-order chi connectivity index (χ0) is 29.0. The van der Waals surface area contributed by atoms with Gasteiger partial charge in [-0.3, -0.25) is 9.29 Å². The zero-order valence-electron chi connectivity index (χ0n) is 23.6. The van der Waals surface area contributed by atoms with Gasteiger partial charge in [0.15, 0.2) is 0 Å². The van der Waals surface area contributed by atoms with Gasteiger partial charge in [-0.05, 0) is 75.3 Å². The van der Waals surface area contributed by atoms with Crippen molar-refractivity contribution in [3.8, 4) is 5.75 Å². The molecule has 0 fully saturated rings. The summed E-state index contributed by atoms with van der Waals surface area (Å²) in [4.78, 5) is 15.6. The number of carbonyl (C=O) groups is 1. The Morgan fingerprint density at radius 1 is 1.15 bits per heavy atom. The molecule has 2 atom stereocenters. The molecule has 0 bridgehead atoms. The van der Waals surface area contributed by atoms with Crippen LogP contribution in [0, 0.1) is 5.82 Å². The quantitative estimate of drug-likeness (QED) is 0.287. The normalized spacial score (nSPS) is 19.0. The first-order valence-electron chi connectivity index (χ1n) is 13.8. The molecule has 4 rings (SSSR count). The SMILES string of the molecule is C[C@@H]1CC2=C(Cc3ccccc32)[C@@H](c2ccc(OCCN(CCCF)C(=O)OC(C)(C)C)cc2F)N1CC(F)F. The van der Waals surface area contributed by atoms with E-state index in [2.05, 4.69) is 0 Å². The van der Waals surface area contributed by atoms with Crippen molar-refractivity contribution in [2.75, 3.05) is 32.9 Å². The van der Waals surface area contributed by atoms with Crippen molar-refractivity contribution in [3.63, 3.8) is 0 Å². The Kier molecular flexibility index (Phi) is 9.44. The van der Waals surface area contributed by atoms with E-state index in [-0.39, 0.29) is 37.9 Å². The van der Waals surface area contributed by atoms with Gasteiger partial charge in [-0.15, -0.1) is 0 Å². The van der Waals surface area contributed by atoms with E-state index in [0.29, 0.717) is 18.4 Å². The monoisotopic (exact) mass is 562 g/mol. The van der Waals surface area contributed by atoms with Gasteiger partial charge in [-0.1, -0.05) is 30.3 Å². The van der Waals surface area contributed by atoms with E-state index in [0.717, 1.165) is 22.3 Å². The first-order valence-corrected chi connectivity index (χ1v) is 13.8. The number of halogens is 4. The van der Waals surface area contributed by atoms with Crippen LogP contribution in [0.5, 0.6) is 5.75 Å². The minimum Gasteiger partial charge on any atom is -0.492 e. The molecule has 1 aliphatic heterocycles. The average molecular weight is 563 g/mol. The van der Waals surface area contributed by atoms with Gasteiger partial charge in [0, 0.05) is 24.2 Å². The summed E-state index contributed by atoms with van der Waals surface area (Å²) >= 11 is 0. The van der Waals surface area contributed by atoms with Gasteiger partial charge in [0.1, 0.15) is 23.8 Å². The maximum atomic E-state index is 15.7. The molecule has 1 heterocycles. The largest absolute Gasteiger partial charge is 0.492 e. The highest BCUT2D eigenvalue weighted by Gasteiger charge is 2.40. The molecule has 0 spiro atoms. The third-order valence-corrected chi connectivity index (χ3v) is 7.30. The van der Waals surface area contributed by atoms with E-state index in [4.69, 9.17) is 9.47 Å². The van der Waals surface area contributed by atoms with Gasteiger partial charge in [-0.2, -0.15) is 0 Å². The fourth-order valence-electron chi connectivity index (χ4n) is 5.60. The molecular weight excluding hydrogens is 524 g/mol. The van der Waals surface area contributed by atoms with Crippen molar-refractivity contribution in [1.29, 1.82) is 0 Å². The lowest BCUT2D eigenvalue weighted by atomic mass is 9.85. The second-order valence-electron chi connectivity index (χ2n) is 11.4. The number of hydrogen-bond acceptors (Lipinski definition) is 4. The van der Waals surface area contributed by atoms with Crippen molar-refractivity contribution < 1.29 is 31.8 Å². The molecule has 2 aromatic rings. The summed E-state index contributed by atoms with van der Waals surface area (Å²) in [6.45, 7) is 6.49. The Bertz CT molecular complexity index is 1230. The summed E-state index contributed by atoms with van der Waals surface area (Å²) in [5.41, 5.74) is 3.97. The molecule has 0 unspecified atom stereocenters. The zero-order valence-corrected chi connectivity index (χ0v) is 23.6. The number of amides is 1. The number of alkyl halides is 3. The smallest absolute Gasteiger partial charge is 0.410 e. The first kappa shape index (κ1) is 29.9. The lowest BCUT2D eigenvalue weighted by molar-refractivity contribution is 0.0221. The fraction of sp³-hybridized carbons (Fsp3) is 0.516. The van der Waals surface area contributed by atoms with Crippen LogP contribution in [-0.2, 0) is 11.2 Å². The van der Waals surface area contributed by atoms with Gasteiger partial charge in [0.2, 0.25) is 0 Å². The van der Waals surface area contributed by atoms with Crippen LogP contribution in [0.4, 0.5) is 22.4 Å². The van der Waals surface area contributed by atoms with Gasteiger partial charge in [0.05, 0.1) is 25.8 Å². The topological polar surface area (TPSA) is 42.0 Å². The maximum absolute atomic E-state index is 15.7. The van der Waals surface area contributed by atoms with Crippen molar-refractivity contribution in [1.82, 2.24) is 9.80 Å². The molecule has 2 aliphatic rings. The van der Waals surface area contributed by atoms with E-state index in [9.17, 15) is 18.0 Å². The van der Waals surface area contributed by atoms with E-state index in [1.54, 1.807) is 37.8 Å². The van der Waals surface area contributed by atoms with Gasteiger partial charge in [-0.25, -0.2) is 18.0 Å². The van der Waals surface area contributed by atoms with Crippen molar-refractivity contribution in [2.24, 2.45) is 0 Å². The average Bonchev–Trinajstić information content (AvgIpc) is 3.23. The second-order valence-corrected chi connectivity index (χ2v) is 11.4. The van der Waals surface area contributed by atoms with Gasteiger partial charge < -0.3 is 14.4 Å². The van der Waals surface area contributed by atoms with Gasteiger partial charge >= 0.3 is 6.09 Å². The second kappa shape index (κ2) is 12.6. The molecule has 0 radical (unpaired) electrons. The van der Waals surface area contributed by atoms with E-state index in [1.807, 2.05) is 31.2 Å². The van der Waals surface area contributed by atoms with E-state index in [1.165, 1.54) is 11.0 Å². The number of ether oxygens (including phenoxy) is 2. The lowest BCUT2D eigenvalue weighted by Crippen LogP contribution is -2.43. The summed E-state index contributed by atoms with van der Waals surface area (Å²) in [7, 11) is 0. The van der Waals surface area contributed by atoms with Crippen LogP contribution in [-0.4, -0.2) is 66.9 Å². The predicted molar refractivity (Wildman–Crippen MR) is 147 cm³/mol. The van der Waals surface area contributed by atoms with Crippen molar-refractivity contribution in [3.05, 3.63) is 70.5 Å². The standard InChI is InChI=1S/C31H38F4N2O3/c1-20-16-25-23-9-6-5-8-21(23)17-26(25)29(37(20)19-28(34)35)24-11-10-22(18-27(24)33)39-15-14-36(13-7-12-32)30(38)40-31(2,3)4/h5-6,8-11,18,20,28-29H,7,12-17,19H2,1-4H3/t20-,29-/m1/s1. The maximum Gasteiger partial charge on any atom is 0.410 e. The van der Waals surface area contributed by atoms with Crippen molar-refractivity contribution in [2.45, 2.75) is 71.1 Å². The summed E-state index contributed by atoms with van der Waals surface area (Å²) in [6, 6.07) is 11.7. The molecular formula is C31H38F4N2O3. The van der Waals surface area contributed by atoms with Gasteiger partial charge in [0.25, 0.3) is 6.43 Å². The molecule has 0 N–H and O–H groups in total. The van der Waals surface area contributed by atoms with Crippen LogP contribution in [0.25, 0.3) is 5.57 Å². The summed E-state index contributed by atoms with van der Waals surface area (Å²) in [5, 5.41) is 0. The fourth-order valence-corrected chi connectivity index (χ4v) is 5.60. The number of benzene rings is 2. The predicted octanol–water partition coefficient (Wildman–Crippen LogP) is 7.21. The summed E-state index contributed by atoms with van der Waals surface area (Å²) in [6.07, 6.45) is -1.72. The van der Waals surface area contributed by atoms with Crippen LogP contribution in [0.15, 0.2) is 48.0 Å². The Morgan fingerprint density at radius 2 is 1.90 bits per heavy atom. The van der Waals surface area contributed by atoms with Crippen LogP contribution in [0.3, 0.4) is 0 Å². The summed E-state index contributed by atoms with van der Waals surface area (Å²) < 4.78 is 66.9. The number of carbonyl (C=O) groups excluding carboxylic acids is 1. The van der Waals surface area contributed by atoms with E-state index < -0.39 is 43.2 Å². The van der Waals surface area contributed by atoms with Crippen molar-refractivity contribution >= 4 is 11.7 Å². The third kappa shape index (κ3) is 6.97. The third-order valence-electron chi connectivity index (χ3n) is 7.30. The molecule has 9 heteroatoms. The van der Waals surface area contributed by atoms with Crippen LogP contribution in [0.1, 0.15) is 63.3 Å². The summed E-state index contributed by atoms with van der Waals surface area (Å²) in [5.74, 6) is -0.288. The Balaban J connectivity index is 1.52. The Morgan fingerprint density at radius 3 is 2.58 bits per heavy atom. The highest BCUT2D eigenvalue weighted by Crippen LogP contribution is 2.49. The number of hydrogen-bond donors (Lipinski definition) is 0. The lowest BCUT2D eigenvalue weighted by Gasteiger charge is -2.42. The molecule has 5 nitrogen and oxygen atoms in total. The Labute approximate surface area is 233 Å². The highest BCUT2D eigenvalue weighted by molar-refractivity contribution is 5.79. The number of rotatable bonds is 10. The minimum absolute atomic E-state index is 0.0485. The molecule has 1 aliphatic carbocycles. The minimum atomic E-state index is -2.55. The molecule has 218 valence electrons. The van der Waals surface area contributed by atoms with E-state index >= 15 is 4.39 Å². The molecule has 1 amide bonds.